The molecule has 2 aliphatic heterocycles. The molecule has 6 nitrogen and oxygen atoms in total. The molecule has 2 aromatic rings. The summed E-state index contributed by atoms with van der Waals surface area (Å²) in [5, 5.41) is 0.471. The van der Waals surface area contributed by atoms with Crippen molar-refractivity contribution in [3.05, 3.63) is 64.7 Å². The highest BCUT2D eigenvalue weighted by atomic mass is 35.5. The third-order valence-electron chi connectivity index (χ3n) is 6.84. The lowest BCUT2D eigenvalue weighted by Crippen LogP contribution is -2.49. The number of hydrogen-bond acceptors (Lipinski definition) is 5. The standard InChI is InChI=1S/C27H34ClN3O3/c1-21-7-5-12-30(21)13-6-18-34-26-11-10-23(19-24(26)28)25(32)20-29-14-16-31(17-15-29)27(33)22-8-3-2-4-9-22/h2-4,8-11,19,21H,5-7,12-18,20H2,1H3/t21-/m1/s1. The molecule has 0 aromatic heterocycles. The summed E-state index contributed by atoms with van der Waals surface area (Å²) >= 11 is 6.41. The SMILES string of the molecule is C[C@@H]1CCCN1CCCOc1ccc(C(=O)CN2CCN(C(=O)c3ccccc3)CC2)cc1Cl. The van der Waals surface area contributed by atoms with Gasteiger partial charge in [0, 0.05) is 49.9 Å². The number of hydrogen-bond donors (Lipinski definition) is 0. The zero-order valence-corrected chi connectivity index (χ0v) is 20.7. The monoisotopic (exact) mass is 483 g/mol. The van der Waals surface area contributed by atoms with Crippen LogP contribution in [0.2, 0.25) is 5.02 Å². The summed E-state index contributed by atoms with van der Waals surface area (Å²) in [6, 6.07) is 15.3. The predicted octanol–water partition coefficient (Wildman–Crippen LogP) is 4.23. The van der Waals surface area contributed by atoms with Gasteiger partial charge in [-0.1, -0.05) is 29.8 Å². The van der Waals surface area contributed by atoms with Gasteiger partial charge in [-0.2, -0.15) is 0 Å². The second kappa shape index (κ2) is 11.8. The van der Waals surface area contributed by atoms with Crippen LogP contribution in [0.1, 0.15) is 46.9 Å². The Morgan fingerprint density at radius 2 is 1.76 bits per heavy atom. The summed E-state index contributed by atoms with van der Waals surface area (Å²) in [5.41, 5.74) is 1.29. The molecule has 4 rings (SSSR count). The molecule has 1 atom stereocenters. The van der Waals surface area contributed by atoms with Crippen molar-refractivity contribution < 1.29 is 14.3 Å². The van der Waals surface area contributed by atoms with Gasteiger partial charge >= 0.3 is 0 Å². The molecule has 2 saturated heterocycles. The molecule has 182 valence electrons. The molecule has 7 heteroatoms. The largest absolute Gasteiger partial charge is 0.492 e. The number of carbonyl (C=O) groups excluding carboxylic acids is 2. The molecule has 34 heavy (non-hydrogen) atoms. The Bertz CT molecular complexity index is 976. The fourth-order valence-electron chi connectivity index (χ4n) is 4.73. The van der Waals surface area contributed by atoms with Crippen LogP contribution in [0, 0.1) is 0 Å². The predicted molar refractivity (Wildman–Crippen MR) is 135 cm³/mol. The first-order valence-electron chi connectivity index (χ1n) is 12.3. The van der Waals surface area contributed by atoms with Crippen LogP contribution >= 0.6 is 11.6 Å². The van der Waals surface area contributed by atoms with Crippen LogP contribution in [-0.2, 0) is 0 Å². The number of piperazine rings is 1. The van der Waals surface area contributed by atoms with Crippen LogP contribution in [-0.4, -0.2) is 84.9 Å². The molecule has 0 bridgehead atoms. The van der Waals surface area contributed by atoms with Crippen LogP contribution in [0.15, 0.2) is 48.5 Å². The van der Waals surface area contributed by atoms with E-state index in [1.807, 2.05) is 35.2 Å². The van der Waals surface area contributed by atoms with Crippen molar-refractivity contribution in [2.75, 3.05) is 52.4 Å². The number of amides is 1. The highest BCUT2D eigenvalue weighted by molar-refractivity contribution is 6.32. The van der Waals surface area contributed by atoms with Gasteiger partial charge in [-0.25, -0.2) is 0 Å². The maximum Gasteiger partial charge on any atom is 0.253 e. The second-order valence-corrected chi connectivity index (χ2v) is 9.64. The van der Waals surface area contributed by atoms with Gasteiger partial charge in [-0.15, -0.1) is 0 Å². The summed E-state index contributed by atoms with van der Waals surface area (Å²) in [4.78, 5) is 31.9. The van der Waals surface area contributed by atoms with Crippen LogP contribution < -0.4 is 4.74 Å². The zero-order chi connectivity index (χ0) is 23.9. The molecule has 0 spiro atoms. The molecule has 1 amide bonds. The smallest absolute Gasteiger partial charge is 0.253 e. The number of halogens is 1. The maximum atomic E-state index is 12.8. The Kier molecular flexibility index (Phi) is 8.59. The van der Waals surface area contributed by atoms with E-state index in [1.165, 1.54) is 19.4 Å². The van der Waals surface area contributed by atoms with Crippen molar-refractivity contribution in [2.24, 2.45) is 0 Å². The molecule has 2 fully saturated rings. The Balaban J connectivity index is 1.21. The quantitative estimate of drug-likeness (QED) is 0.394. The summed E-state index contributed by atoms with van der Waals surface area (Å²) in [6.45, 7) is 8.01. The van der Waals surface area contributed by atoms with Gasteiger partial charge in [-0.05, 0) is 63.1 Å². The number of Topliss-reactive ketones (excluding diaryl/α,β-unsaturated/α-hetero) is 1. The maximum absolute atomic E-state index is 12.8. The van der Waals surface area contributed by atoms with Crippen LogP contribution in [0.25, 0.3) is 0 Å². The van der Waals surface area contributed by atoms with Crippen molar-refractivity contribution in [3.63, 3.8) is 0 Å². The van der Waals surface area contributed by atoms with E-state index in [9.17, 15) is 9.59 Å². The molecule has 2 aromatic carbocycles. The summed E-state index contributed by atoms with van der Waals surface area (Å²) in [7, 11) is 0. The lowest BCUT2D eigenvalue weighted by Gasteiger charge is -2.34. The van der Waals surface area contributed by atoms with Gasteiger partial charge in [0.1, 0.15) is 5.75 Å². The molecular formula is C27H34ClN3O3. The van der Waals surface area contributed by atoms with Gasteiger partial charge in [0.2, 0.25) is 0 Å². The van der Waals surface area contributed by atoms with Gasteiger partial charge < -0.3 is 14.5 Å². The number of benzene rings is 2. The van der Waals surface area contributed by atoms with Gasteiger partial charge in [0.25, 0.3) is 5.91 Å². The number of rotatable bonds is 9. The first kappa shape index (κ1) is 24.7. The molecular weight excluding hydrogens is 450 g/mol. The number of nitrogens with zero attached hydrogens (tertiary/aromatic N) is 3. The van der Waals surface area contributed by atoms with E-state index < -0.39 is 0 Å². The highest BCUT2D eigenvalue weighted by Gasteiger charge is 2.24. The summed E-state index contributed by atoms with van der Waals surface area (Å²) in [6.07, 6.45) is 3.52. The lowest BCUT2D eigenvalue weighted by molar-refractivity contribution is 0.0624. The van der Waals surface area contributed by atoms with E-state index in [2.05, 4.69) is 16.7 Å². The Morgan fingerprint density at radius 1 is 1.00 bits per heavy atom. The van der Waals surface area contributed by atoms with Crippen LogP contribution in [0.4, 0.5) is 0 Å². The Hall–Kier alpha value is -2.41. The number of likely N-dealkylation sites (tertiary alicyclic amines) is 1. The summed E-state index contributed by atoms with van der Waals surface area (Å²) in [5.74, 6) is 0.698. The van der Waals surface area contributed by atoms with Crippen molar-refractivity contribution in [2.45, 2.75) is 32.2 Å². The molecule has 2 aliphatic rings. The molecule has 2 heterocycles. The minimum Gasteiger partial charge on any atom is -0.492 e. The Morgan fingerprint density at radius 3 is 2.44 bits per heavy atom. The highest BCUT2D eigenvalue weighted by Crippen LogP contribution is 2.26. The lowest BCUT2D eigenvalue weighted by atomic mass is 10.1. The van der Waals surface area contributed by atoms with E-state index >= 15 is 0 Å². The molecule has 0 unspecified atom stereocenters. The van der Waals surface area contributed by atoms with Gasteiger partial charge in [0.05, 0.1) is 18.2 Å². The molecule has 0 saturated carbocycles. The fraction of sp³-hybridized carbons (Fsp3) is 0.481. The van der Waals surface area contributed by atoms with E-state index in [0.717, 1.165) is 13.0 Å². The topological polar surface area (TPSA) is 53.1 Å². The third kappa shape index (κ3) is 6.38. The number of carbonyl (C=O) groups is 2. The first-order chi connectivity index (χ1) is 16.5. The first-order valence-corrected chi connectivity index (χ1v) is 12.7. The normalized spacial score (nSPS) is 19.4. The van der Waals surface area contributed by atoms with Crippen LogP contribution in [0.3, 0.4) is 0 Å². The summed E-state index contributed by atoms with van der Waals surface area (Å²) < 4.78 is 5.87. The average Bonchev–Trinajstić information content (AvgIpc) is 3.27. The van der Waals surface area contributed by atoms with E-state index in [1.54, 1.807) is 18.2 Å². The van der Waals surface area contributed by atoms with Crippen molar-refractivity contribution in [3.8, 4) is 5.75 Å². The number of ketones is 1. The molecule has 0 N–H and O–H groups in total. The van der Waals surface area contributed by atoms with Crippen LogP contribution in [0.5, 0.6) is 5.75 Å². The van der Waals surface area contributed by atoms with Crippen molar-refractivity contribution in [1.82, 2.24) is 14.7 Å². The minimum absolute atomic E-state index is 0.0271. The van der Waals surface area contributed by atoms with Crippen molar-refractivity contribution >= 4 is 23.3 Å². The van der Waals surface area contributed by atoms with E-state index in [0.29, 0.717) is 67.3 Å². The van der Waals surface area contributed by atoms with Gasteiger partial charge in [0.15, 0.2) is 5.78 Å². The second-order valence-electron chi connectivity index (χ2n) is 9.23. The van der Waals surface area contributed by atoms with Gasteiger partial charge in [-0.3, -0.25) is 14.5 Å². The Labute approximate surface area is 207 Å². The molecule has 0 aliphatic carbocycles. The molecule has 0 radical (unpaired) electrons. The number of ether oxygens (including phenoxy) is 1. The van der Waals surface area contributed by atoms with Crippen molar-refractivity contribution in [1.29, 1.82) is 0 Å². The van der Waals surface area contributed by atoms with E-state index in [-0.39, 0.29) is 11.7 Å². The average molecular weight is 484 g/mol. The third-order valence-corrected chi connectivity index (χ3v) is 7.13. The minimum atomic E-state index is 0.0271. The zero-order valence-electron chi connectivity index (χ0n) is 19.9. The fourth-order valence-corrected chi connectivity index (χ4v) is 4.97. The van der Waals surface area contributed by atoms with E-state index in [4.69, 9.17) is 16.3 Å².